The summed E-state index contributed by atoms with van der Waals surface area (Å²) in [6.45, 7) is 6.48. The third kappa shape index (κ3) is 1.37. The highest BCUT2D eigenvalue weighted by atomic mass is 16.6. The smallest absolute Gasteiger partial charge is 0.336 e. The molecule has 3 nitrogen and oxygen atoms in total. The van der Waals surface area contributed by atoms with Crippen molar-refractivity contribution in [2.45, 2.75) is 39.2 Å². The van der Waals surface area contributed by atoms with E-state index in [9.17, 15) is 4.79 Å². The Hall–Kier alpha value is -0.990. The van der Waals surface area contributed by atoms with Crippen LogP contribution in [-0.2, 0) is 9.53 Å². The van der Waals surface area contributed by atoms with Gasteiger partial charge >= 0.3 is 5.97 Å². The van der Waals surface area contributed by atoms with Crippen LogP contribution in [0.3, 0.4) is 0 Å². The maximum atomic E-state index is 12.0. The second-order valence-electron chi connectivity index (χ2n) is 5.98. The fourth-order valence-electron chi connectivity index (χ4n) is 3.02. The van der Waals surface area contributed by atoms with Crippen molar-refractivity contribution in [3.05, 3.63) is 11.8 Å². The molecular formula is C13H21NO2. The fourth-order valence-corrected chi connectivity index (χ4v) is 3.02. The largest absolute Gasteiger partial charge is 0.455 e. The molecule has 0 N–H and O–H groups in total. The lowest BCUT2D eigenvalue weighted by Crippen LogP contribution is -2.49. The van der Waals surface area contributed by atoms with Crippen molar-refractivity contribution < 1.29 is 9.53 Å². The lowest BCUT2D eigenvalue weighted by atomic mass is 9.69. The Balaban J connectivity index is 2.43. The number of nitrogens with zero attached hydrogens (tertiary/aromatic N) is 1. The molecule has 1 heterocycles. The molecule has 90 valence electrons. The first-order valence-corrected chi connectivity index (χ1v) is 5.89. The fraction of sp³-hybridized carbons (Fsp3) is 0.769. The molecule has 16 heavy (non-hydrogen) atoms. The minimum atomic E-state index is -0.279. The van der Waals surface area contributed by atoms with Gasteiger partial charge in [0.15, 0.2) is 0 Å². The summed E-state index contributed by atoms with van der Waals surface area (Å²) < 4.78 is 5.66. The van der Waals surface area contributed by atoms with Gasteiger partial charge in [0, 0.05) is 31.6 Å². The highest BCUT2D eigenvalue weighted by Gasteiger charge is 2.60. The number of esters is 1. The predicted octanol–water partition coefficient (Wildman–Crippen LogP) is 2.18. The first-order valence-electron chi connectivity index (χ1n) is 5.89. The Kier molecular flexibility index (Phi) is 2.34. The van der Waals surface area contributed by atoms with Crippen molar-refractivity contribution in [2.24, 2.45) is 11.3 Å². The van der Waals surface area contributed by atoms with E-state index >= 15 is 0 Å². The van der Waals surface area contributed by atoms with Crippen LogP contribution in [0.1, 0.15) is 33.6 Å². The first kappa shape index (κ1) is 11.5. The molecule has 2 unspecified atom stereocenters. The Morgan fingerprint density at radius 1 is 1.38 bits per heavy atom. The topological polar surface area (TPSA) is 29.5 Å². The van der Waals surface area contributed by atoms with Gasteiger partial charge in [-0.2, -0.15) is 0 Å². The predicted molar refractivity (Wildman–Crippen MR) is 62.8 cm³/mol. The minimum Gasteiger partial charge on any atom is -0.455 e. The van der Waals surface area contributed by atoms with Crippen molar-refractivity contribution in [1.29, 1.82) is 0 Å². The van der Waals surface area contributed by atoms with Crippen LogP contribution in [0.25, 0.3) is 0 Å². The number of hydrogen-bond acceptors (Lipinski definition) is 3. The van der Waals surface area contributed by atoms with E-state index in [-0.39, 0.29) is 17.0 Å². The van der Waals surface area contributed by atoms with Crippen molar-refractivity contribution in [2.75, 3.05) is 14.1 Å². The lowest BCUT2D eigenvalue weighted by Gasteiger charge is -2.45. The monoisotopic (exact) mass is 223 g/mol. The van der Waals surface area contributed by atoms with Gasteiger partial charge < -0.3 is 9.64 Å². The quantitative estimate of drug-likeness (QED) is 0.504. The molecule has 1 aliphatic heterocycles. The molecular weight excluding hydrogens is 202 g/mol. The van der Waals surface area contributed by atoms with Gasteiger partial charge in [-0.1, -0.05) is 13.8 Å². The van der Waals surface area contributed by atoms with E-state index in [1.165, 1.54) is 0 Å². The van der Waals surface area contributed by atoms with E-state index in [1.54, 1.807) is 0 Å². The SMILES string of the molecule is CN(C)/C=C1\C(=O)OC2(C)CCC1C2(C)C. The highest BCUT2D eigenvalue weighted by Crippen LogP contribution is 2.58. The molecule has 2 aliphatic rings. The zero-order chi connectivity index (χ0) is 12.1. The lowest BCUT2D eigenvalue weighted by molar-refractivity contribution is -0.172. The molecule has 0 spiro atoms. The van der Waals surface area contributed by atoms with Crippen LogP contribution in [0.4, 0.5) is 0 Å². The van der Waals surface area contributed by atoms with Crippen LogP contribution >= 0.6 is 0 Å². The number of ether oxygens (including phenoxy) is 1. The number of fused-ring (bicyclic) bond motifs is 2. The molecule has 0 radical (unpaired) electrons. The third-order valence-electron chi connectivity index (χ3n) is 4.47. The van der Waals surface area contributed by atoms with E-state index in [0.717, 1.165) is 18.4 Å². The zero-order valence-electron chi connectivity index (χ0n) is 10.8. The Morgan fingerprint density at radius 3 is 2.56 bits per heavy atom. The van der Waals surface area contributed by atoms with E-state index < -0.39 is 0 Å². The van der Waals surface area contributed by atoms with Gasteiger partial charge in [0.25, 0.3) is 0 Å². The Bertz CT molecular complexity index is 357. The normalized spacial score (nSPS) is 38.7. The summed E-state index contributed by atoms with van der Waals surface area (Å²) in [5.74, 6) is 0.208. The average Bonchev–Trinajstić information content (AvgIpc) is 2.28. The highest BCUT2D eigenvalue weighted by molar-refractivity contribution is 5.91. The Labute approximate surface area is 97.5 Å². The molecule has 0 amide bonds. The van der Waals surface area contributed by atoms with Gasteiger partial charge in [0.05, 0.1) is 5.57 Å². The first-order chi connectivity index (χ1) is 7.28. The van der Waals surface area contributed by atoms with Crippen LogP contribution < -0.4 is 0 Å². The molecule has 0 aromatic rings. The van der Waals surface area contributed by atoms with Crippen LogP contribution in [0.5, 0.6) is 0 Å². The van der Waals surface area contributed by atoms with Gasteiger partial charge in [-0.15, -0.1) is 0 Å². The van der Waals surface area contributed by atoms with Gasteiger partial charge in [0.1, 0.15) is 5.60 Å². The van der Waals surface area contributed by atoms with Crippen molar-refractivity contribution >= 4 is 5.97 Å². The van der Waals surface area contributed by atoms with Crippen LogP contribution in [-0.4, -0.2) is 30.6 Å². The molecule has 2 bridgehead atoms. The number of rotatable bonds is 1. The van der Waals surface area contributed by atoms with Crippen molar-refractivity contribution in [3.63, 3.8) is 0 Å². The molecule has 0 aromatic carbocycles. The van der Waals surface area contributed by atoms with E-state index in [0.29, 0.717) is 5.92 Å². The van der Waals surface area contributed by atoms with Crippen LogP contribution in [0, 0.1) is 11.3 Å². The summed E-state index contributed by atoms with van der Waals surface area (Å²) in [6, 6.07) is 0. The maximum Gasteiger partial charge on any atom is 0.336 e. The summed E-state index contributed by atoms with van der Waals surface area (Å²) in [6.07, 6.45) is 3.94. The molecule has 1 saturated heterocycles. The number of carbonyl (C=O) groups is 1. The average molecular weight is 223 g/mol. The second-order valence-corrected chi connectivity index (χ2v) is 5.98. The summed E-state index contributed by atoms with van der Waals surface area (Å²) in [5, 5.41) is 0. The summed E-state index contributed by atoms with van der Waals surface area (Å²) in [5.41, 5.74) is 0.603. The standard InChI is InChI=1S/C13H21NO2/c1-12(2)10-6-7-13(12,3)16-11(15)9(10)8-14(4)5/h8,10H,6-7H2,1-5H3/b9-8-. The van der Waals surface area contributed by atoms with Crippen LogP contribution in [0.2, 0.25) is 0 Å². The van der Waals surface area contributed by atoms with Gasteiger partial charge in [-0.25, -0.2) is 4.79 Å². The second kappa shape index (κ2) is 3.25. The molecule has 1 aliphatic carbocycles. The maximum absolute atomic E-state index is 12.0. The number of hydrogen-bond donors (Lipinski definition) is 0. The summed E-state index contributed by atoms with van der Waals surface area (Å²) >= 11 is 0. The molecule has 1 saturated carbocycles. The van der Waals surface area contributed by atoms with E-state index in [4.69, 9.17) is 4.74 Å². The van der Waals surface area contributed by atoms with Crippen LogP contribution in [0.15, 0.2) is 11.8 Å². The van der Waals surface area contributed by atoms with Gasteiger partial charge in [0.2, 0.25) is 0 Å². The molecule has 0 aromatic heterocycles. The summed E-state index contributed by atoms with van der Waals surface area (Å²) in [4.78, 5) is 13.9. The number of carbonyl (C=O) groups excluding carboxylic acids is 1. The molecule has 3 heteroatoms. The zero-order valence-corrected chi connectivity index (χ0v) is 10.8. The van der Waals surface area contributed by atoms with E-state index in [1.807, 2.05) is 25.2 Å². The third-order valence-corrected chi connectivity index (χ3v) is 4.47. The molecule has 2 rings (SSSR count). The van der Waals surface area contributed by atoms with Crippen molar-refractivity contribution in [3.8, 4) is 0 Å². The minimum absolute atomic E-state index is 0.0444. The van der Waals surface area contributed by atoms with Crippen molar-refractivity contribution in [1.82, 2.24) is 4.90 Å². The Morgan fingerprint density at radius 2 is 2.00 bits per heavy atom. The van der Waals surface area contributed by atoms with E-state index in [2.05, 4.69) is 20.8 Å². The van der Waals surface area contributed by atoms with Gasteiger partial charge in [-0.3, -0.25) is 0 Å². The summed E-state index contributed by atoms with van der Waals surface area (Å²) in [7, 11) is 3.88. The molecule has 2 atom stereocenters. The molecule has 2 fully saturated rings. The van der Waals surface area contributed by atoms with Gasteiger partial charge in [-0.05, 0) is 19.8 Å².